The first-order chi connectivity index (χ1) is 26.4. The first-order valence-electron chi connectivity index (χ1n) is 20.1. The maximum atomic E-state index is 14.2. The predicted octanol–water partition coefficient (Wildman–Crippen LogP) is 3.70. The van der Waals surface area contributed by atoms with Gasteiger partial charge in [0.2, 0.25) is 23.6 Å². The number of carbonyl (C=O) groups is 6. The van der Waals surface area contributed by atoms with E-state index in [2.05, 4.69) is 10.6 Å². The molecule has 0 saturated carbocycles. The van der Waals surface area contributed by atoms with Crippen LogP contribution in [0.5, 0.6) is 5.75 Å². The van der Waals surface area contributed by atoms with Gasteiger partial charge in [0.15, 0.2) is 11.9 Å². The summed E-state index contributed by atoms with van der Waals surface area (Å²) >= 11 is 0. The summed E-state index contributed by atoms with van der Waals surface area (Å²) in [6.45, 7) is 13.3. The number of rotatable bonds is 24. The number of aliphatic hydroxyl groups excluding tert-OH is 1. The van der Waals surface area contributed by atoms with Crippen molar-refractivity contribution >= 4 is 35.4 Å². The lowest BCUT2D eigenvalue weighted by Gasteiger charge is -2.35. The Hall–Kier alpha value is -4.04. The number of nitrogens with one attached hydrogen (secondary N) is 2. The predicted molar refractivity (Wildman–Crippen MR) is 212 cm³/mol. The minimum atomic E-state index is -1.24. The van der Waals surface area contributed by atoms with Crippen LogP contribution in [0.2, 0.25) is 0 Å². The molecule has 1 heterocycles. The van der Waals surface area contributed by atoms with Gasteiger partial charge in [0.1, 0.15) is 17.8 Å². The largest absolute Gasteiger partial charge is 0.497 e. The Morgan fingerprint density at radius 2 is 1.66 bits per heavy atom. The number of hydrogen-bond acceptors (Lipinski definition) is 10. The smallest absolute Gasteiger partial charge is 0.309 e. The number of benzene rings is 1. The van der Waals surface area contributed by atoms with Gasteiger partial charge in [0.25, 0.3) is 0 Å². The van der Waals surface area contributed by atoms with Gasteiger partial charge in [-0.05, 0) is 74.5 Å². The molecule has 1 saturated heterocycles. The zero-order valence-corrected chi connectivity index (χ0v) is 35.3. The maximum Gasteiger partial charge on any atom is 0.309 e. The van der Waals surface area contributed by atoms with E-state index < -0.39 is 65.7 Å². The van der Waals surface area contributed by atoms with Gasteiger partial charge in [-0.15, -0.1) is 0 Å². The molecule has 0 bridgehead atoms. The summed E-state index contributed by atoms with van der Waals surface area (Å²) in [6.07, 6.45) is 0.823. The number of likely N-dealkylation sites (N-methyl/N-ethyl adjacent to an activating group) is 1. The molecule has 56 heavy (non-hydrogen) atoms. The average Bonchev–Trinajstić information content (AvgIpc) is 3.66. The first kappa shape index (κ1) is 48.1. The quantitative estimate of drug-likeness (QED) is 0.0795. The van der Waals surface area contributed by atoms with Crippen LogP contribution in [0.1, 0.15) is 99.0 Å². The van der Waals surface area contributed by atoms with Crippen LogP contribution in [0.4, 0.5) is 0 Å². The van der Waals surface area contributed by atoms with Crippen molar-refractivity contribution in [3.05, 3.63) is 29.8 Å². The van der Waals surface area contributed by atoms with Crippen LogP contribution in [0.3, 0.4) is 0 Å². The number of ketones is 1. The molecule has 1 aromatic carbocycles. The summed E-state index contributed by atoms with van der Waals surface area (Å²) in [5.41, 5.74) is 0.946. The van der Waals surface area contributed by atoms with Gasteiger partial charge < -0.3 is 39.8 Å². The van der Waals surface area contributed by atoms with Crippen molar-refractivity contribution in [1.29, 1.82) is 0 Å². The highest BCUT2D eigenvalue weighted by Crippen LogP contribution is 2.25. The number of hydrogen-bond donors (Lipinski definition) is 3. The summed E-state index contributed by atoms with van der Waals surface area (Å²) < 4.78 is 16.7. The molecule has 7 atom stereocenters. The Balaban J connectivity index is 2.22. The number of esters is 1. The van der Waals surface area contributed by atoms with Crippen molar-refractivity contribution in [3.8, 4) is 5.75 Å². The number of methoxy groups -OCH3 is 1. The van der Waals surface area contributed by atoms with Crippen LogP contribution in [0, 0.1) is 23.7 Å². The van der Waals surface area contributed by atoms with E-state index in [1.54, 1.807) is 40.0 Å². The SMILES string of the molecule is CC[C@H](C)C[C@@H](O)CC(=O)OC(C(=O)[C@H](C)C(=O)N[C@@H](CC(C)C)C(=O)N1CCC[C@H]1C(=O)N(C)[C@H](COCCC(=O)NC)Cc1ccc(OC)cc1)C(C)C. The Morgan fingerprint density at radius 1 is 1.00 bits per heavy atom. The van der Waals surface area contributed by atoms with Crippen LogP contribution < -0.4 is 15.4 Å². The lowest BCUT2D eigenvalue weighted by molar-refractivity contribution is -0.162. The summed E-state index contributed by atoms with van der Waals surface area (Å²) in [5.74, 6) is -3.61. The van der Waals surface area contributed by atoms with Gasteiger partial charge in [0, 0.05) is 27.1 Å². The van der Waals surface area contributed by atoms with Crippen molar-refractivity contribution < 1.29 is 48.1 Å². The average molecular weight is 789 g/mol. The summed E-state index contributed by atoms with van der Waals surface area (Å²) in [6, 6.07) is 5.31. The number of nitrogens with zero attached hydrogens (tertiary/aromatic N) is 2. The minimum absolute atomic E-state index is 0.0123. The molecule has 14 nitrogen and oxygen atoms in total. The highest BCUT2D eigenvalue weighted by Gasteiger charge is 2.41. The molecule has 0 aliphatic carbocycles. The molecule has 4 amide bonds. The molecular formula is C42H68N4O10. The highest BCUT2D eigenvalue weighted by atomic mass is 16.5. The zero-order chi connectivity index (χ0) is 42.1. The number of amides is 4. The molecule has 3 N–H and O–H groups in total. The second-order valence-corrected chi connectivity index (χ2v) is 15.9. The van der Waals surface area contributed by atoms with Crippen LogP contribution in [-0.2, 0) is 44.7 Å². The number of likely N-dealkylation sites (tertiary alicyclic amines) is 1. The number of Topliss-reactive ketones (excluding diaryl/α,β-unsaturated/α-hetero) is 1. The molecule has 0 spiro atoms. The van der Waals surface area contributed by atoms with Crippen molar-refractivity contribution in [1.82, 2.24) is 20.4 Å². The van der Waals surface area contributed by atoms with Crippen molar-refractivity contribution in [2.45, 2.75) is 130 Å². The molecule has 0 aromatic heterocycles. The highest BCUT2D eigenvalue weighted by molar-refractivity contribution is 6.05. The van der Waals surface area contributed by atoms with E-state index in [0.29, 0.717) is 38.0 Å². The van der Waals surface area contributed by atoms with Gasteiger partial charge in [-0.3, -0.25) is 28.8 Å². The van der Waals surface area contributed by atoms with E-state index in [4.69, 9.17) is 14.2 Å². The van der Waals surface area contributed by atoms with E-state index in [0.717, 1.165) is 12.0 Å². The van der Waals surface area contributed by atoms with E-state index in [1.165, 1.54) is 11.8 Å². The lowest BCUT2D eigenvalue weighted by atomic mass is 9.92. The van der Waals surface area contributed by atoms with Crippen molar-refractivity contribution in [2.75, 3.05) is 41.0 Å². The molecule has 14 heteroatoms. The molecule has 1 aromatic rings. The van der Waals surface area contributed by atoms with Gasteiger partial charge in [-0.25, -0.2) is 0 Å². The summed E-state index contributed by atoms with van der Waals surface area (Å²) in [5, 5.41) is 15.7. The van der Waals surface area contributed by atoms with E-state index in [-0.39, 0.29) is 56.1 Å². The Morgan fingerprint density at radius 3 is 2.23 bits per heavy atom. The van der Waals surface area contributed by atoms with Gasteiger partial charge in [-0.1, -0.05) is 60.1 Å². The normalized spacial score (nSPS) is 17.4. The number of aliphatic hydroxyl groups is 1. The van der Waals surface area contributed by atoms with E-state index in [1.807, 2.05) is 52.0 Å². The molecule has 1 aliphatic rings. The molecule has 1 fully saturated rings. The Kier molecular flexibility index (Phi) is 20.5. The number of ether oxygens (including phenoxy) is 3. The van der Waals surface area contributed by atoms with Crippen molar-refractivity contribution in [2.24, 2.45) is 23.7 Å². The van der Waals surface area contributed by atoms with Crippen LogP contribution in [0.15, 0.2) is 24.3 Å². The van der Waals surface area contributed by atoms with Crippen LogP contribution in [-0.4, -0.2) is 122 Å². The third-order valence-corrected chi connectivity index (χ3v) is 10.5. The van der Waals surface area contributed by atoms with E-state index >= 15 is 0 Å². The van der Waals surface area contributed by atoms with Gasteiger partial charge in [0.05, 0.1) is 44.8 Å². The minimum Gasteiger partial charge on any atom is -0.497 e. The molecule has 316 valence electrons. The first-order valence-corrected chi connectivity index (χ1v) is 20.1. The molecule has 1 aliphatic heterocycles. The second kappa shape index (κ2) is 23.9. The molecule has 1 unspecified atom stereocenters. The summed E-state index contributed by atoms with van der Waals surface area (Å²) in [7, 11) is 4.83. The summed E-state index contributed by atoms with van der Waals surface area (Å²) in [4.78, 5) is 83.3. The Labute approximate surface area is 333 Å². The maximum absolute atomic E-state index is 14.2. The van der Waals surface area contributed by atoms with Gasteiger partial charge >= 0.3 is 5.97 Å². The standard InChI is InChI=1S/C42H68N4O10/c1-11-28(6)22-32(47)24-37(49)56-39(27(4)5)38(50)29(7)40(51)44-34(21-26(2)3)41(52)46-19-12-13-35(46)42(53)45(9)31(25-55-20-18-36(48)43-8)23-30-14-16-33(54-10)17-15-30/h14-17,26-29,31-32,34-35,39,47H,11-13,18-25H2,1-10H3,(H,43,48)(H,44,51)/t28-,29-,31-,32+,34-,35-,39?/m0/s1. The molecule has 0 radical (unpaired) electrons. The number of carbonyl (C=O) groups excluding carboxylic acids is 6. The van der Waals surface area contributed by atoms with Crippen LogP contribution in [0.25, 0.3) is 0 Å². The third-order valence-electron chi connectivity index (χ3n) is 10.5. The monoisotopic (exact) mass is 788 g/mol. The molecule has 2 rings (SSSR count). The van der Waals surface area contributed by atoms with Crippen molar-refractivity contribution in [3.63, 3.8) is 0 Å². The Bertz CT molecular complexity index is 1430. The fourth-order valence-electron chi connectivity index (χ4n) is 6.74. The molecular weight excluding hydrogens is 720 g/mol. The fourth-order valence-corrected chi connectivity index (χ4v) is 6.74. The topological polar surface area (TPSA) is 181 Å². The zero-order valence-electron chi connectivity index (χ0n) is 35.3. The van der Waals surface area contributed by atoms with Gasteiger partial charge in [-0.2, -0.15) is 0 Å². The third kappa shape index (κ3) is 15.1. The van der Waals surface area contributed by atoms with E-state index in [9.17, 15) is 33.9 Å². The second-order valence-electron chi connectivity index (χ2n) is 15.9. The van der Waals surface area contributed by atoms with Crippen LogP contribution >= 0.6 is 0 Å². The lowest BCUT2D eigenvalue weighted by Crippen LogP contribution is -2.56. The fraction of sp³-hybridized carbons (Fsp3) is 0.714.